The Kier molecular flexibility index (Phi) is 5.16. The second-order valence-electron chi connectivity index (χ2n) is 5.63. The van der Waals surface area contributed by atoms with Gasteiger partial charge in [-0.05, 0) is 25.1 Å². The maximum Gasteiger partial charge on any atom is 0.325 e. The van der Waals surface area contributed by atoms with E-state index in [4.69, 9.17) is 10.2 Å². The van der Waals surface area contributed by atoms with Crippen LogP contribution in [0.5, 0.6) is 0 Å². The molecule has 0 amide bonds. The number of carbonyl (C=O) groups is 1. The van der Waals surface area contributed by atoms with Crippen molar-refractivity contribution < 1.29 is 14.0 Å². The van der Waals surface area contributed by atoms with Crippen molar-refractivity contribution in [1.82, 2.24) is 0 Å². The quantitative estimate of drug-likeness (QED) is 0.609. The third-order valence-electron chi connectivity index (χ3n) is 3.27. The summed E-state index contributed by atoms with van der Waals surface area (Å²) in [5, 5.41) is 0.108. The molecule has 0 aliphatic heterocycles. The molecule has 0 saturated carbocycles. The molecule has 0 spiro atoms. The van der Waals surface area contributed by atoms with Crippen molar-refractivity contribution in [2.24, 2.45) is 5.73 Å². The highest BCUT2D eigenvalue weighted by atomic mass is 28.4. The Bertz CT molecular complexity index is 248. The minimum absolute atomic E-state index is 0.108. The van der Waals surface area contributed by atoms with Gasteiger partial charge in [0, 0.05) is 0 Å². The van der Waals surface area contributed by atoms with Crippen molar-refractivity contribution in [3.8, 4) is 0 Å². The van der Waals surface area contributed by atoms with E-state index in [0.29, 0.717) is 0 Å². The van der Waals surface area contributed by atoms with Crippen molar-refractivity contribution in [2.45, 2.75) is 58.0 Å². The van der Waals surface area contributed by atoms with Gasteiger partial charge in [0.15, 0.2) is 8.32 Å². The highest BCUT2D eigenvalue weighted by Gasteiger charge is 2.40. The largest absolute Gasteiger partial charge is 0.468 e. The summed E-state index contributed by atoms with van der Waals surface area (Å²) in [6.45, 7) is 12.5. The molecule has 0 fully saturated rings. The van der Waals surface area contributed by atoms with Crippen LogP contribution in [0.2, 0.25) is 18.1 Å². The summed E-state index contributed by atoms with van der Waals surface area (Å²) in [6, 6.07) is -0.709. The summed E-state index contributed by atoms with van der Waals surface area (Å²) in [7, 11) is -0.543. The molecule has 16 heavy (non-hydrogen) atoms. The van der Waals surface area contributed by atoms with Gasteiger partial charge in [-0.2, -0.15) is 0 Å². The van der Waals surface area contributed by atoms with E-state index in [0.717, 1.165) is 0 Å². The SMILES string of the molecule is COC(=O)[C@@H](N)[C@H](C)O[Si](C)(C)C(C)(C)C. The third kappa shape index (κ3) is 3.88. The average Bonchev–Trinajstić information content (AvgIpc) is 2.12. The van der Waals surface area contributed by atoms with Crippen LogP contribution >= 0.6 is 0 Å². The minimum Gasteiger partial charge on any atom is -0.468 e. The topological polar surface area (TPSA) is 61.5 Å². The van der Waals surface area contributed by atoms with Crippen molar-refractivity contribution in [1.29, 1.82) is 0 Å². The summed E-state index contributed by atoms with van der Waals surface area (Å²) < 4.78 is 10.6. The summed E-state index contributed by atoms with van der Waals surface area (Å²) in [6.07, 6.45) is -0.312. The number of hydrogen-bond donors (Lipinski definition) is 1. The van der Waals surface area contributed by atoms with Crippen LogP contribution in [0.1, 0.15) is 27.7 Å². The lowest BCUT2D eigenvalue weighted by molar-refractivity contribution is -0.144. The first kappa shape index (κ1) is 15.6. The Morgan fingerprint density at radius 3 is 2.06 bits per heavy atom. The third-order valence-corrected chi connectivity index (χ3v) is 7.84. The molecule has 4 nitrogen and oxygen atoms in total. The van der Waals surface area contributed by atoms with E-state index in [1.807, 2.05) is 6.92 Å². The fraction of sp³-hybridized carbons (Fsp3) is 0.909. The minimum atomic E-state index is -1.88. The lowest BCUT2D eigenvalue weighted by Gasteiger charge is -2.39. The predicted molar refractivity (Wildman–Crippen MR) is 67.7 cm³/mol. The van der Waals surface area contributed by atoms with Gasteiger partial charge in [0.25, 0.3) is 0 Å². The van der Waals surface area contributed by atoms with Crippen LogP contribution in [0.4, 0.5) is 0 Å². The van der Waals surface area contributed by atoms with Gasteiger partial charge in [-0.15, -0.1) is 0 Å². The van der Waals surface area contributed by atoms with Crippen LogP contribution in [0.15, 0.2) is 0 Å². The fourth-order valence-corrected chi connectivity index (χ4v) is 2.47. The first-order chi connectivity index (χ1) is 7.03. The number of esters is 1. The molecule has 2 N–H and O–H groups in total. The Morgan fingerprint density at radius 1 is 1.31 bits per heavy atom. The van der Waals surface area contributed by atoms with Crippen LogP contribution in [0, 0.1) is 0 Å². The fourth-order valence-electron chi connectivity index (χ4n) is 1.04. The maximum absolute atomic E-state index is 11.3. The molecule has 96 valence electrons. The highest BCUT2D eigenvalue weighted by molar-refractivity contribution is 6.74. The van der Waals surface area contributed by atoms with Crippen LogP contribution in [-0.4, -0.2) is 33.5 Å². The van der Waals surface area contributed by atoms with Crippen LogP contribution in [0.25, 0.3) is 0 Å². The zero-order chi connectivity index (χ0) is 13.1. The number of rotatable bonds is 4. The molecule has 0 aromatic rings. The Labute approximate surface area is 99.6 Å². The molecule has 0 aromatic heterocycles. The number of methoxy groups -OCH3 is 1. The Balaban J connectivity index is 4.56. The number of nitrogens with two attached hydrogens (primary N) is 1. The molecule has 0 unspecified atom stereocenters. The molecule has 0 heterocycles. The molecular formula is C11H25NO3Si. The lowest BCUT2D eigenvalue weighted by Crippen LogP contribution is -2.50. The summed E-state index contributed by atoms with van der Waals surface area (Å²) in [4.78, 5) is 11.3. The van der Waals surface area contributed by atoms with E-state index in [2.05, 4.69) is 38.6 Å². The Hall–Kier alpha value is -0.393. The normalized spacial score (nSPS) is 16.8. The van der Waals surface area contributed by atoms with Gasteiger partial charge in [0.1, 0.15) is 6.04 Å². The van der Waals surface area contributed by atoms with E-state index < -0.39 is 20.3 Å². The highest BCUT2D eigenvalue weighted by Crippen LogP contribution is 2.37. The molecule has 0 rings (SSSR count). The zero-order valence-electron chi connectivity index (χ0n) is 11.5. The monoisotopic (exact) mass is 247 g/mol. The molecule has 2 atom stereocenters. The van der Waals surface area contributed by atoms with Crippen molar-refractivity contribution in [3.63, 3.8) is 0 Å². The second-order valence-corrected chi connectivity index (χ2v) is 10.4. The van der Waals surface area contributed by atoms with E-state index in [-0.39, 0.29) is 11.1 Å². The molecule has 0 aromatic carbocycles. The summed E-state index contributed by atoms with van der Waals surface area (Å²) >= 11 is 0. The van der Waals surface area contributed by atoms with E-state index >= 15 is 0 Å². The van der Waals surface area contributed by atoms with Gasteiger partial charge in [-0.3, -0.25) is 4.79 Å². The summed E-state index contributed by atoms with van der Waals surface area (Å²) in [5.41, 5.74) is 5.74. The number of hydrogen-bond acceptors (Lipinski definition) is 4. The van der Waals surface area contributed by atoms with Gasteiger partial charge < -0.3 is 14.9 Å². The van der Waals surface area contributed by atoms with Crippen LogP contribution < -0.4 is 5.73 Å². The molecular weight excluding hydrogens is 222 g/mol. The molecule has 0 bridgehead atoms. The van der Waals surface area contributed by atoms with Crippen molar-refractivity contribution in [3.05, 3.63) is 0 Å². The zero-order valence-corrected chi connectivity index (χ0v) is 12.5. The first-order valence-corrected chi connectivity index (χ1v) is 8.45. The molecule has 0 aliphatic carbocycles. The van der Waals surface area contributed by atoms with E-state index in [1.54, 1.807) is 0 Å². The average molecular weight is 247 g/mol. The van der Waals surface area contributed by atoms with Crippen LogP contribution in [0.3, 0.4) is 0 Å². The van der Waals surface area contributed by atoms with Crippen molar-refractivity contribution in [2.75, 3.05) is 7.11 Å². The van der Waals surface area contributed by atoms with Gasteiger partial charge in [0.05, 0.1) is 13.2 Å². The number of carbonyl (C=O) groups excluding carboxylic acids is 1. The molecule has 0 saturated heterocycles. The van der Waals surface area contributed by atoms with E-state index in [1.165, 1.54) is 7.11 Å². The first-order valence-electron chi connectivity index (χ1n) is 5.54. The van der Waals surface area contributed by atoms with E-state index in [9.17, 15) is 4.79 Å². The van der Waals surface area contributed by atoms with Crippen LogP contribution in [-0.2, 0) is 14.0 Å². The number of ether oxygens (including phenoxy) is 1. The van der Waals surface area contributed by atoms with Gasteiger partial charge >= 0.3 is 5.97 Å². The van der Waals surface area contributed by atoms with Gasteiger partial charge in [0.2, 0.25) is 0 Å². The summed E-state index contributed by atoms with van der Waals surface area (Å²) in [5.74, 6) is -0.425. The smallest absolute Gasteiger partial charge is 0.325 e. The lowest BCUT2D eigenvalue weighted by atomic mass is 10.2. The maximum atomic E-state index is 11.3. The Morgan fingerprint density at radius 2 is 1.75 bits per heavy atom. The molecule has 0 aliphatic rings. The van der Waals surface area contributed by atoms with Crippen molar-refractivity contribution >= 4 is 14.3 Å². The van der Waals surface area contributed by atoms with Gasteiger partial charge in [-0.25, -0.2) is 0 Å². The predicted octanol–water partition coefficient (Wildman–Crippen LogP) is 1.90. The standard InChI is InChI=1S/C11H25NO3Si/c1-8(9(12)10(13)14-5)15-16(6,7)11(2,3)4/h8-9H,12H2,1-7H3/t8-,9-/m0/s1. The molecule has 0 radical (unpaired) electrons. The molecule has 5 heteroatoms. The van der Waals surface area contributed by atoms with Gasteiger partial charge in [-0.1, -0.05) is 20.8 Å². The second kappa shape index (κ2) is 5.29.